The van der Waals surface area contributed by atoms with E-state index in [-0.39, 0.29) is 33.6 Å². The number of hydrogen-bond donors (Lipinski definition) is 2. The van der Waals surface area contributed by atoms with E-state index >= 15 is 0 Å². The van der Waals surface area contributed by atoms with E-state index in [1.54, 1.807) is 6.07 Å². The first kappa shape index (κ1) is 36.0. The highest BCUT2D eigenvalue weighted by molar-refractivity contribution is 7.85. The maximum absolute atomic E-state index is 12.1. The van der Waals surface area contributed by atoms with Crippen LogP contribution in [0.25, 0.3) is 0 Å². The smallest absolute Gasteiger partial charge is 0.303 e. The molecule has 51 heavy (non-hydrogen) atoms. The molecule has 0 aromatic heterocycles. The third kappa shape index (κ3) is 5.60. The molecule has 2 N–H and O–H groups in total. The molecule has 0 radical (unpaired) electrons. The Morgan fingerprint density at radius 3 is 2.39 bits per heavy atom. The van der Waals surface area contributed by atoms with E-state index in [0.717, 1.165) is 56.4 Å². The lowest BCUT2D eigenvalue weighted by molar-refractivity contribution is -0.137. The Morgan fingerprint density at radius 1 is 0.980 bits per heavy atom. The Morgan fingerprint density at radius 2 is 1.71 bits per heavy atom. The molecule has 0 amide bonds. The molecule has 8 nitrogen and oxygen atoms in total. The number of carboxylic acids is 1. The van der Waals surface area contributed by atoms with Crippen molar-refractivity contribution in [2.75, 3.05) is 22.9 Å². The van der Waals surface area contributed by atoms with Crippen LogP contribution in [0.2, 0.25) is 0 Å². The molecule has 5 atom stereocenters. The number of fused-ring (bicyclic) bond motifs is 7. The molecular formula is C42H54N2O6S. The molecular weight excluding hydrogens is 661 g/mol. The highest BCUT2D eigenvalue weighted by Crippen LogP contribution is 2.60. The largest absolute Gasteiger partial charge is 0.481 e. The van der Waals surface area contributed by atoms with Crippen LogP contribution in [0.4, 0.5) is 11.4 Å². The van der Waals surface area contributed by atoms with Gasteiger partial charge in [-0.1, -0.05) is 63.1 Å². The molecule has 2 unspecified atom stereocenters. The Hall–Kier alpha value is -3.40. The van der Waals surface area contributed by atoms with Gasteiger partial charge in [0.15, 0.2) is 0 Å². The lowest BCUT2D eigenvalue weighted by Crippen LogP contribution is -2.56. The molecule has 7 rings (SSSR count). The third-order valence-corrected chi connectivity index (χ3v) is 13.9. The van der Waals surface area contributed by atoms with E-state index < -0.39 is 27.3 Å². The van der Waals surface area contributed by atoms with E-state index in [4.69, 9.17) is 4.74 Å². The van der Waals surface area contributed by atoms with E-state index in [2.05, 4.69) is 102 Å². The quantitative estimate of drug-likeness (QED) is 0.159. The van der Waals surface area contributed by atoms with Crippen molar-refractivity contribution >= 4 is 27.5 Å². The summed E-state index contributed by atoms with van der Waals surface area (Å²) in [5.74, 6) is -0.743. The number of allylic oxidation sites excluding steroid dienone is 2. The Balaban J connectivity index is 1.23. The number of anilines is 2. The minimum absolute atomic E-state index is 0.0443. The average Bonchev–Trinajstić information content (AvgIpc) is 3.41. The summed E-state index contributed by atoms with van der Waals surface area (Å²) < 4.78 is 41.4. The van der Waals surface area contributed by atoms with Crippen LogP contribution in [0.15, 0.2) is 76.4 Å². The fraction of sp³-hybridized carbons (Fsp3) is 0.548. The van der Waals surface area contributed by atoms with E-state index in [0.29, 0.717) is 6.42 Å². The second kappa shape index (κ2) is 11.8. The van der Waals surface area contributed by atoms with Gasteiger partial charge in [-0.3, -0.25) is 9.35 Å². The molecule has 9 heteroatoms. The van der Waals surface area contributed by atoms with Gasteiger partial charge in [0.05, 0.1) is 22.1 Å². The first-order chi connectivity index (χ1) is 23.8. The summed E-state index contributed by atoms with van der Waals surface area (Å²) in [7, 11) is -4.32. The minimum atomic E-state index is -4.32. The van der Waals surface area contributed by atoms with Gasteiger partial charge in [-0.15, -0.1) is 0 Å². The van der Waals surface area contributed by atoms with Crippen molar-refractivity contribution in [1.82, 2.24) is 0 Å². The normalized spacial score (nSPS) is 32.8. The highest BCUT2D eigenvalue weighted by Gasteiger charge is 2.57. The number of benzene rings is 2. The van der Waals surface area contributed by atoms with Gasteiger partial charge < -0.3 is 19.6 Å². The summed E-state index contributed by atoms with van der Waals surface area (Å²) in [6, 6.07) is 11.8. The van der Waals surface area contributed by atoms with Gasteiger partial charge in [-0.05, 0) is 113 Å². The Labute approximate surface area is 304 Å². The van der Waals surface area contributed by atoms with Gasteiger partial charge in [-0.25, -0.2) is 0 Å². The van der Waals surface area contributed by atoms with Crippen molar-refractivity contribution in [3.63, 3.8) is 0 Å². The van der Waals surface area contributed by atoms with Gasteiger partial charge in [0, 0.05) is 53.0 Å². The maximum Gasteiger partial charge on any atom is 0.303 e. The van der Waals surface area contributed by atoms with Gasteiger partial charge in [0.1, 0.15) is 0 Å². The lowest BCUT2D eigenvalue weighted by Gasteiger charge is -2.54. The number of nitrogens with zero attached hydrogens (tertiary/aromatic N) is 2. The number of carboxylic acid groups (broad SMARTS) is 1. The molecule has 5 aliphatic heterocycles. The van der Waals surface area contributed by atoms with Gasteiger partial charge in [-0.2, -0.15) is 8.42 Å². The standard InChI is InChI=1S/C42H54N2O6S/c1-9-29-36-38(3,4)31-25-28(51(47,48)49)14-16-33(31)43(36)22-20-39(29,5)26-40(6)19-17-30-37-41(7,18-11-10-12-35(45)46)32-24-27(2)13-15-34(32)44(37)23-21-42(30,8)50-40/h9,13-17,19,24-25,36H,10-12,18,20-23,26H2,1-8H3,(H,45,46)(H,47,48,49)/b29-9-/t36?,39-,40-,41?,42-/m0/s1. The van der Waals surface area contributed by atoms with E-state index in [9.17, 15) is 22.9 Å². The zero-order valence-electron chi connectivity index (χ0n) is 31.5. The number of unbranched alkanes of at least 4 members (excludes halogenated alkanes) is 1. The van der Waals surface area contributed by atoms with Crippen molar-refractivity contribution < 1.29 is 27.6 Å². The molecule has 2 aromatic carbocycles. The number of aryl methyl sites for hydroxylation is 1. The van der Waals surface area contributed by atoms with Crippen molar-refractivity contribution in [1.29, 1.82) is 0 Å². The molecule has 0 saturated carbocycles. The number of ether oxygens (including phenoxy) is 1. The summed E-state index contributed by atoms with van der Waals surface area (Å²) in [6.07, 6.45) is 12.0. The highest BCUT2D eigenvalue weighted by atomic mass is 32.2. The summed E-state index contributed by atoms with van der Waals surface area (Å²) in [6.45, 7) is 19.5. The zero-order valence-corrected chi connectivity index (χ0v) is 32.3. The molecule has 0 bridgehead atoms. The first-order valence-electron chi connectivity index (χ1n) is 18.6. The van der Waals surface area contributed by atoms with Crippen LogP contribution < -0.4 is 9.80 Å². The maximum atomic E-state index is 12.1. The molecule has 1 fully saturated rings. The van der Waals surface area contributed by atoms with Crippen LogP contribution in [-0.4, -0.2) is 54.4 Å². The van der Waals surface area contributed by atoms with Crippen LogP contribution in [0.1, 0.15) is 110 Å². The molecule has 274 valence electrons. The predicted molar refractivity (Wildman–Crippen MR) is 202 cm³/mol. The van der Waals surface area contributed by atoms with E-state index in [1.165, 1.54) is 39.7 Å². The second-order valence-electron chi connectivity index (χ2n) is 17.3. The number of rotatable bonds is 8. The van der Waals surface area contributed by atoms with Crippen LogP contribution in [0.3, 0.4) is 0 Å². The molecule has 2 aromatic rings. The SMILES string of the molecule is C/C=C1/C2N(CC[C@@]1(C)C[C@]1(C)C=CC3=C4N(CC[C@]3(C)O1)c1ccc(C)cc1C4(C)CCCCC(=O)O)c1ccc(S(=O)(=O)O)cc1C2(C)C. The van der Waals surface area contributed by atoms with Crippen LogP contribution in [0.5, 0.6) is 0 Å². The Kier molecular flexibility index (Phi) is 8.33. The fourth-order valence-corrected chi connectivity index (χ4v) is 11.3. The number of piperidine rings is 1. The first-order valence-corrected chi connectivity index (χ1v) is 20.0. The topological polar surface area (TPSA) is 107 Å². The summed E-state index contributed by atoms with van der Waals surface area (Å²) >= 11 is 0. The predicted octanol–water partition coefficient (Wildman–Crippen LogP) is 8.64. The van der Waals surface area contributed by atoms with Crippen molar-refractivity contribution in [2.45, 2.75) is 133 Å². The van der Waals surface area contributed by atoms with Crippen LogP contribution >= 0.6 is 0 Å². The zero-order chi connectivity index (χ0) is 36.9. The monoisotopic (exact) mass is 714 g/mol. The molecule has 0 spiro atoms. The molecule has 5 heterocycles. The minimum Gasteiger partial charge on any atom is -0.481 e. The van der Waals surface area contributed by atoms with Crippen molar-refractivity contribution in [3.05, 3.63) is 88.2 Å². The Bertz CT molecular complexity index is 2010. The molecule has 0 aliphatic carbocycles. The molecule has 1 saturated heterocycles. The summed E-state index contributed by atoms with van der Waals surface area (Å²) in [4.78, 5) is 16.2. The van der Waals surface area contributed by atoms with Gasteiger partial charge >= 0.3 is 5.97 Å². The van der Waals surface area contributed by atoms with Crippen molar-refractivity contribution in [2.24, 2.45) is 5.41 Å². The third-order valence-electron chi connectivity index (χ3n) is 13.1. The van der Waals surface area contributed by atoms with Gasteiger partial charge in [0.25, 0.3) is 10.1 Å². The number of hydrogen-bond acceptors (Lipinski definition) is 6. The summed E-state index contributed by atoms with van der Waals surface area (Å²) in [5.41, 5.74) is 7.82. The van der Waals surface area contributed by atoms with Crippen LogP contribution in [-0.2, 0) is 30.5 Å². The average molecular weight is 715 g/mol. The second-order valence-corrected chi connectivity index (χ2v) is 18.7. The molecule has 5 aliphatic rings. The number of carbonyl (C=O) groups is 1. The van der Waals surface area contributed by atoms with E-state index in [1.807, 2.05) is 6.07 Å². The van der Waals surface area contributed by atoms with Crippen molar-refractivity contribution in [3.8, 4) is 0 Å². The van der Waals surface area contributed by atoms with Gasteiger partial charge in [0.2, 0.25) is 0 Å². The lowest BCUT2D eigenvalue weighted by atomic mass is 9.62. The fourth-order valence-electron chi connectivity index (χ4n) is 10.8. The number of aliphatic carboxylic acids is 1. The van der Waals surface area contributed by atoms with Crippen LogP contribution in [0, 0.1) is 12.3 Å². The summed E-state index contributed by atoms with van der Waals surface area (Å²) in [5, 5.41) is 9.33.